The van der Waals surface area contributed by atoms with E-state index in [1.54, 1.807) is 18.2 Å². The zero-order valence-corrected chi connectivity index (χ0v) is 20.8. The lowest BCUT2D eigenvalue weighted by molar-refractivity contribution is 0.179. The van der Waals surface area contributed by atoms with Gasteiger partial charge in [0.1, 0.15) is 11.6 Å². The molecule has 0 unspecified atom stereocenters. The maximum absolute atomic E-state index is 15.1. The molecular weight excluding hydrogens is 498 g/mol. The van der Waals surface area contributed by atoms with Crippen molar-refractivity contribution in [2.24, 2.45) is 5.92 Å². The maximum Gasteiger partial charge on any atom is 0.279 e. The number of anilines is 1. The fourth-order valence-corrected chi connectivity index (χ4v) is 5.36. The van der Waals surface area contributed by atoms with Crippen LogP contribution in [0.1, 0.15) is 24.0 Å². The van der Waals surface area contributed by atoms with Crippen LogP contribution in [0.4, 0.5) is 23.2 Å². The summed E-state index contributed by atoms with van der Waals surface area (Å²) in [5.41, 5.74) is 6.61. The van der Waals surface area contributed by atoms with Crippen molar-refractivity contribution in [2.75, 3.05) is 16.4 Å². The Morgan fingerprint density at radius 3 is 2.31 bits per heavy atom. The summed E-state index contributed by atoms with van der Waals surface area (Å²) in [6.45, 7) is 11.4. The van der Waals surface area contributed by atoms with Gasteiger partial charge >= 0.3 is 0 Å². The number of benzene rings is 2. The molecule has 35 heavy (non-hydrogen) atoms. The van der Waals surface area contributed by atoms with Gasteiger partial charge in [-0.15, -0.1) is 0 Å². The fraction of sp³-hybridized carbons (Fsp3) is 0.269. The van der Waals surface area contributed by atoms with E-state index in [-0.39, 0.29) is 33.7 Å². The van der Waals surface area contributed by atoms with Gasteiger partial charge in [-0.3, -0.25) is 5.43 Å². The van der Waals surface area contributed by atoms with E-state index in [0.29, 0.717) is 16.8 Å². The molecule has 3 rings (SSSR count). The lowest BCUT2D eigenvalue weighted by atomic mass is 9.97. The molecule has 1 aliphatic rings. The molecule has 0 amide bonds. The van der Waals surface area contributed by atoms with E-state index >= 15 is 4.39 Å². The zero-order chi connectivity index (χ0) is 25.7. The van der Waals surface area contributed by atoms with Gasteiger partial charge in [-0.2, -0.15) is 10.5 Å². The van der Waals surface area contributed by atoms with Crippen molar-refractivity contribution in [3.05, 3.63) is 95.3 Å². The Labute approximate surface area is 211 Å². The van der Waals surface area contributed by atoms with Gasteiger partial charge in [0.2, 0.25) is 0 Å². The van der Waals surface area contributed by atoms with E-state index < -0.39 is 23.8 Å². The second-order valence-electron chi connectivity index (χ2n) is 8.33. The minimum Gasteiger partial charge on any atom is -0.341 e. The van der Waals surface area contributed by atoms with E-state index in [1.807, 2.05) is 4.90 Å². The summed E-state index contributed by atoms with van der Waals surface area (Å²) in [4.78, 5) is 1.86. The van der Waals surface area contributed by atoms with Crippen LogP contribution >= 0.6 is 22.1 Å². The second-order valence-corrected chi connectivity index (χ2v) is 10.8. The number of hydrogen-bond acceptors (Lipinski definition) is 3. The van der Waals surface area contributed by atoms with Crippen molar-refractivity contribution in [3.63, 3.8) is 0 Å². The Kier molecular flexibility index (Phi) is 9.08. The van der Waals surface area contributed by atoms with Gasteiger partial charge in [-0.05, 0) is 48.6 Å². The van der Waals surface area contributed by atoms with E-state index in [4.69, 9.17) is 11.6 Å². The number of rotatable bonds is 10. The Morgan fingerprint density at radius 2 is 1.71 bits per heavy atom. The highest BCUT2D eigenvalue weighted by atomic mass is 35.5. The average Bonchev–Trinajstić information content (AvgIpc) is 2.83. The fourth-order valence-electron chi connectivity index (χ4n) is 3.75. The number of alkyl halides is 2. The summed E-state index contributed by atoms with van der Waals surface area (Å²) in [5, 5.41) is -0.0284. The summed E-state index contributed by atoms with van der Waals surface area (Å²) >= 11 is 6.04. The molecular formula is C26H28ClF4N3S. The first-order chi connectivity index (χ1) is 16.6. The minimum atomic E-state index is -2.75. The lowest BCUT2D eigenvalue weighted by Gasteiger charge is -2.35. The third-order valence-corrected chi connectivity index (χ3v) is 7.83. The van der Waals surface area contributed by atoms with E-state index in [1.165, 1.54) is 18.2 Å². The number of halogens is 5. The maximum atomic E-state index is 15.1. The van der Waals surface area contributed by atoms with Crippen LogP contribution in [0.2, 0.25) is 5.02 Å². The van der Waals surface area contributed by atoms with Crippen molar-refractivity contribution in [1.29, 1.82) is 0 Å². The van der Waals surface area contributed by atoms with Gasteiger partial charge < -0.3 is 10.3 Å². The molecule has 0 atom stereocenters. The largest absolute Gasteiger partial charge is 0.341 e. The van der Waals surface area contributed by atoms with Crippen molar-refractivity contribution in [3.8, 4) is 0 Å². The molecule has 2 aromatic rings. The number of hydrazine groups is 1. The molecule has 0 spiro atoms. The first-order valence-electron chi connectivity index (χ1n) is 10.9. The number of allylic oxidation sites excluding steroid dienone is 2. The second kappa shape index (κ2) is 11.8. The predicted octanol–water partition coefficient (Wildman–Crippen LogP) is 7.09. The van der Waals surface area contributed by atoms with Gasteiger partial charge in [0.05, 0.1) is 23.0 Å². The quantitative estimate of drug-likeness (QED) is 0.197. The van der Waals surface area contributed by atoms with Crippen LogP contribution in [-0.4, -0.2) is 23.8 Å². The highest BCUT2D eigenvalue weighted by Crippen LogP contribution is 2.36. The number of hydrogen-bond donors (Lipinski definition) is 2. The van der Waals surface area contributed by atoms with Crippen LogP contribution in [0.5, 0.6) is 0 Å². The SMILES string of the molecule is C=C(NNC(=C)C(F)F)c1ccc(CN(C(=C)C2CCS(=C)CC2)c2ccc(F)c(Cl)c2)c(F)c1. The molecule has 1 aliphatic heterocycles. The predicted molar refractivity (Wildman–Crippen MR) is 141 cm³/mol. The molecule has 188 valence electrons. The lowest BCUT2D eigenvalue weighted by Crippen LogP contribution is -2.31. The summed E-state index contributed by atoms with van der Waals surface area (Å²) in [6, 6.07) is 8.89. The summed E-state index contributed by atoms with van der Waals surface area (Å²) in [6.07, 6.45) is -0.890. The molecule has 0 bridgehead atoms. The molecule has 2 aromatic carbocycles. The normalized spacial score (nSPS) is 17.7. The Morgan fingerprint density at radius 1 is 1.03 bits per heavy atom. The summed E-state index contributed by atoms with van der Waals surface area (Å²) < 4.78 is 54.1. The minimum absolute atomic E-state index is 0.0284. The van der Waals surface area contributed by atoms with Crippen LogP contribution in [0.3, 0.4) is 0 Å². The van der Waals surface area contributed by atoms with Crippen LogP contribution < -0.4 is 15.8 Å². The van der Waals surface area contributed by atoms with Crippen molar-refractivity contribution >= 4 is 39.3 Å². The standard InChI is InChI=1S/C26H28ClF4N3S/c1-16(32-33-17(2)26(30)31)20-5-6-21(25(29)13-20)15-34(22-7-8-24(28)23(27)14-22)18(3)19-9-11-35(4)12-10-19/h5-8,13-14,19,26,32-33H,1-4,9-12,15H2. The van der Waals surface area contributed by atoms with Crippen LogP contribution in [0, 0.1) is 17.6 Å². The van der Waals surface area contributed by atoms with Crippen molar-refractivity contribution in [2.45, 2.75) is 25.8 Å². The molecule has 1 saturated heterocycles. The average molecular weight is 526 g/mol. The molecule has 0 aromatic heterocycles. The molecule has 0 radical (unpaired) electrons. The molecule has 9 heteroatoms. The highest BCUT2D eigenvalue weighted by Gasteiger charge is 2.24. The Balaban J connectivity index is 1.83. The third-order valence-electron chi connectivity index (χ3n) is 5.91. The topological polar surface area (TPSA) is 27.3 Å². The number of nitrogens with one attached hydrogen (secondary N) is 2. The van der Waals surface area contributed by atoms with Crippen LogP contribution in [0.15, 0.2) is 67.5 Å². The van der Waals surface area contributed by atoms with E-state index in [2.05, 4.69) is 36.5 Å². The van der Waals surface area contributed by atoms with Gasteiger partial charge in [-0.1, -0.05) is 49.3 Å². The van der Waals surface area contributed by atoms with Crippen molar-refractivity contribution < 1.29 is 17.6 Å². The van der Waals surface area contributed by atoms with Gasteiger partial charge in [0.25, 0.3) is 6.43 Å². The molecule has 2 N–H and O–H groups in total. The van der Waals surface area contributed by atoms with Gasteiger partial charge in [0, 0.05) is 28.4 Å². The smallest absolute Gasteiger partial charge is 0.279 e. The molecule has 1 heterocycles. The summed E-state index contributed by atoms with van der Waals surface area (Å²) in [5.74, 6) is 5.33. The first-order valence-corrected chi connectivity index (χ1v) is 13.0. The molecule has 0 saturated carbocycles. The molecule has 0 aliphatic carbocycles. The molecule has 3 nitrogen and oxygen atoms in total. The molecule has 1 fully saturated rings. The third kappa shape index (κ3) is 6.92. The first kappa shape index (κ1) is 26.9. The zero-order valence-electron chi connectivity index (χ0n) is 19.2. The Hall–Kier alpha value is -2.71. The van der Waals surface area contributed by atoms with Crippen LogP contribution in [0.25, 0.3) is 5.70 Å². The van der Waals surface area contributed by atoms with Gasteiger partial charge in [0.15, 0.2) is 0 Å². The van der Waals surface area contributed by atoms with E-state index in [0.717, 1.165) is 30.0 Å². The Bertz CT molecular complexity index is 1140. The van der Waals surface area contributed by atoms with Crippen molar-refractivity contribution in [1.82, 2.24) is 10.9 Å². The van der Waals surface area contributed by atoms with E-state index in [9.17, 15) is 13.2 Å². The van der Waals surface area contributed by atoms with Crippen LogP contribution in [-0.2, 0) is 6.54 Å². The monoisotopic (exact) mass is 525 g/mol. The van der Waals surface area contributed by atoms with Gasteiger partial charge in [-0.25, -0.2) is 17.6 Å². The number of nitrogens with zero attached hydrogens (tertiary/aromatic N) is 1. The highest BCUT2D eigenvalue weighted by molar-refractivity contribution is 8.14. The summed E-state index contributed by atoms with van der Waals surface area (Å²) in [7, 11) is 0.145.